The fourth-order valence-electron chi connectivity index (χ4n) is 3.60. The van der Waals surface area contributed by atoms with Crippen LogP contribution in [0.3, 0.4) is 0 Å². The van der Waals surface area contributed by atoms with Gasteiger partial charge in [0.25, 0.3) is 0 Å². The number of hydrogen-bond acceptors (Lipinski definition) is 2. The average Bonchev–Trinajstić information content (AvgIpc) is 2.64. The molecular formula is C21H21ClN2. The summed E-state index contributed by atoms with van der Waals surface area (Å²) >= 11 is 6.56. The Morgan fingerprint density at radius 3 is 2.33 bits per heavy atom. The van der Waals surface area contributed by atoms with Crippen molar-refractivity contribution < 1.29 is 0 Å². The second kappa shape index (κ2) is 6.94. The van der Waals surface area contributed by atoms with E-state index in [0.717, 1.165) is 31.2 Å². The molecule has 0 spiro atoms. The highest BCUT2D eigenvalue weighted by Gasteiger charge is 2.25. The van der Waals surface area contributed by atoms with Gasteiger partial charge in [0.2, 0.25) is 0 Å². The van der Waals surface area contributed by atoms with E-state index in [1.54, 1.807) is 0 Å². The zero-order chi connectivity index (χ0) is 16.4. The highest BCUT2D eigenvalue weighted by Crippen LogP contribution is 2.34. The van der Waals surface area contributed by atoms with Crippen LogP contribution >= 0.6 is 11.6 Å². The molecule has 3 aromatic carbocycles. The van der Waals surface area contributed by atoms with Crippen molar-refractivity contribution in [2.24, 2.45) is 0 Å². The van der Waals surface area contributed by atoms with Crippen LogP contribution in [-0.2, 0) is 0 Å². The van der Waals surface area contributed by atoms with Crippen molar-refractivity contribution in [1.29, 1.82) is 0 Å². The maximum Gasteiger partial charge on any atom is 0.0617 e. The Hall–Kier alpha value is -1.87. The third-order valence-electron chi connectivity index (χ3n) is 4.81. The lowest BCUT2D eigenvalue weighted by Gasteiger charge is -2.36. The molecule has 1 saturated heterocycles. The molecule has 122 valence electrons. The molecule has 1 N–H and O–H groups in total. The highest BCUT2D eigenvalue weighted by molar-refractivity contribution is 6.31. The van der Waals surface area contributed by atoms with Gasteiger partial charge >= 0.3 is 0 Å². The van der Waals surface area contributed by atoms with E-state index in [1.165, 1.54) is 21.9 Å². The van der Waals surface area contributed by atoms with Crippen LogP contribution in [0.1, 0.15) is 17.2 Å². The molecule has 0 aromatic heterocycles. The Bertz CT molecular complexity index is 840. The fourth-order valence-corrected chi connectivity index (χ4v) is 3.84. The molecule has 0 radical (unpaired) electrons. The van der Waals surface area contributed by atoms with Crippen LogP contribution in [-0.4, -0.2) is 31.1 Å². The number of nitrogens with zero attached hydrogens (tertiary/aromatic N) is 1. The number of halogens is 1. The minimum Gasteiger partial charge on any atom is -0.314 e. The van der Waals surface area contributed by atoms with Gasteiger partial charge in [-0.05, 0) is 34.0 Å². The Morgan fingerprint density at radius 2 is 1.54 bits per heavy atom. The zero-order valence-corrected chi connectivity index (χ0v) is 14.3. The molecular weight excluding hydrogens is 316 g/mol. The lowest BCUT2D eigenvalue weighted by molar-refractivity contribution is 0.198. The SMILES string of the molecule is Clc1ccccc1C(c1ccc2ccccc2c1)N1CCNCC1. The summed E-state index contributed by atoms with van der Waals surface area (Å²) in [5.41, 5.74) is 2.50. The zero-order valence-electron chi connectivity index (χ0n) is 13.6. The normalized spacial score (nSPS) is 17.0. The van der Waals surface area contributed by atoms with E-state index in [-0.39, 0.29) is 6.04 Å². The first-order chi connectivity index (χ1) is 11.8. The average molecular weight is 337 g/mol. The third kappa shape index (κ3) is 3.05. The molecule has 1 fully saturated rings. The Kier molecular flexibility index (Phi) is 4.52. The van der Waals surface area contributed by atoms with Gasteiger partial charge in [0.05, 0.1) is 6.04 Å². The topological polar surface area (TPSA) is 15.3 Å². The van der Waals surface area contributed by atoms with Crippen LogP contribution in [0, 0.1) is 0 Å². The van der Waals surface area contributed by atoms with Gasteiger partial charge in [-0.1, -0.05) is 66.2 Å². The molecule has 0 bridgehead atoms. The second-order valence-electron chi connectivity index (χ2n) is 6.32. The number of fused-ring (bicyclic) bond motifs is 1. The monoisotopic (exact) mass is 336 g/mol. The van der Waals surface area contributed by atoms with Crippen molar-refractivity contribution in [2.75, 3.05) is 26.2 Å². The Morgan fingerprint density at radius 1 is 0.833 bits per heavy atom. The molecule has 0 amide bonds. The van der Waals surface area contributed by atoms with E-state index in [0.29, 0.717) is 0 Å². The molecule has 1 aliphatic rings. The van der Waals surface area contributed by atoms with Crippen molar-refractivity contribution in [2.45, 2.75) is 6.04 Å². The maximum absolute atomic E-state index is 6.56. The predicted octanol–water partition coefficient (Wildman–Crippen LogP) is 4.49. The lowest BCUT2D eigenvalue weighted by atomic mass is 9.94. The fraction of sp³-hybridized carbons (Fsp3) is 0.238. The van der Waals surface area contributed by atoms with E-state index >= 15 is 0 Å². The molecule has 4 rings (SSSR count). The summed E-state index contributed by atoms with van der Waals surface area (Å²) < 4.78 is 0. The van der Waals surface area contributed by atoms with Gasteiger partial charge in [0.15, 0.2) is 0 Å². The molecule has 24 heavy (non-hydrogen) atoms. The summed E-state index contributed by atoms with van der Waals surface area (Å²) in [6.45, 7) is 4.11. The van der Waals surface area contributed by atoms with Crippen LogP contribution < -0.4 is 5.32 Å². The van der Waals surface area contributed by atoms with E-state index < -0.39 is 0 Å². The highest BCUT2D eigenvalue weighted by atomic mass is 35.5. The number of hydrogen-bond donors (Lipinski definition) is 1. The summed E-state index contributed by atoms with van der Waals surface area (Å²) in [5, 5.41) is 6.84. The van der Waals surface area contributed by atoms with Crippen LogP contribution in [0.4, 0.5) is 0 Å². The second-order valence-corrected chi connectivity index (χ2v) is 6.72. The van der Waals surface area contributed by atoms with Crippen molar-refractivity contribution in [3.05, 3.63) is 82.9 Å². The first-order valence-corrected chi connectivity index (χ1v) is 8.88. The van der Waals surface area contributed by atoms with Gasteiger partial charge < -0.3 is 5.32 Å². The molecule has 1 heterocycles. The van der Waals surface area contributed by atoms with Crippen molar-refractivity contribution >= 4 is 22.4 Å². The maximum atomic E-state index is 6.56. The molecule has 0 saturated carbocycles. The van der Waals surface area contributed by atoms with Crippen LogP contribution in [0.15, 0.2) is 66.7 Å². The molecule has 1 atom stereocenters. The number of nitrogens with one attached hydrogen (secondary N) is 1. The molecule has 1 unspecified atom stereocenters. The first-order valence-electron chi connectivity index (χ1n) is 8.51. The predicted molar refractivity (Wildman–Crippen MR) is 102 cm³/mol. The summed E-state index contributed by atoms with van der Waals surface area (Å²) in [6, 6.07) is 23.7. The summed E-state index contributed by atoms with van der Waals surface area (Å²) in [7, 11) is 0. The van der Waals surface area contributed by atoms with Crippen LogP contribution in [0.5, 0.6) is 0 Å². The summed E-state index contributed by atoms with van der Waals surface area (Å²) in [6.07, 6.45) is 0. The van der Waals surface area contributed by atoms with Crippen molar-refractivity contribution in [3.8, 4) is 0 Å². The standard InChI is InChI=1S/C21H21ClN2/c22-20-8-4-3-7-19(20)21(24-13-11-23-12-14-24)18-10-9-16-5-1-2-6-17(16)15-18/h1-10,15,21,23H,11-14H2. The van der Waals surface area contributed by atoms with Gasteiger partial charge in [0, 0.05) is 31.2 Å². The molecule has 3 aromatic rings. The largest absolute Gasteiger partial charge is 0.314 e. The van der Waals surface area contributed by atoms with E-state index in [2.05, 4.69) is 64.8 Å². The van der Waals surface area contributed by atoms with Crippen molar-refractivity contribution in [3.63, 3.8) is 0 Å². The van der Waals surface area contributed by atoms with Gasteiger partial charge in [-0.3, -0.25) is 4.90 Å². The van der Waals surface area contributed by atoms with Gasteiger partial charge in [0.1, 0.15) is 0 Å². The van der Waals surface area contributed by atoms with Crippen LogP contribution in [0.2, 0.25) is 5.02 Å². The van der Waals surface area contributed by atoms with E-state index in [1.807, 2.05) is 12.1 Å². The number of piperazine rings is 1. The summed E-state index contributed by atoms with van der Waals surface area (Å²) in [5.74, 6) is 0. The first kappa shape index (κ1) is 15.6. The Balaban J connectivity index is 1.82. The lowest BCUT2D eigenvalue weighted by Crippen LogP contribution is -2.45. The summed E-state index contributed by atoms with van der Waals surface area (Å²) in [4.78, 5) is 2.53. The molecule has 1 aliphatic heterocycles. The van der Waals surface area contributed by atoms with E-state index in [4.69, 9.17) is 11.6 Å². The van der Waals surface area contributed by atoms with Crippen molar-refractivity contribution in [1.82, 2.24) is 10.2 Å². The molecule has 3 heteroatoms. The molecule has 2 nitrogen and oxygen atoms in total. The number of rotatable bonds is 3. The quantitative estimate of drug-likeness (QED) is 0.758. The van der Waals surface area contributed by atoms with Gasteiger partial charge in [-0.2, -0.15) is 0 Å². The smallest absolute Gasteiger partial charge is 0.0617 e. The third-order valence-corrected chi connectivity index (χ3v) is 5.15. The Labute approximate surface area is 148 Å². The number of benzene rings is 3. The minimum atomic E-state index is 0.199. The van der Waals surface area contributed by atoms with Gasteiger partial charge in [-0.25, -0.2) is 0 Å². The molecule has 0 aliphatic carbocycles. The van der Waals surface area contributed by atoms with Gasteiger partial charge in [-0.15, -0.1) is 0 Å². The van der Waals surface area contributed by atoms with E-state index in [9.17, 15) is 0 Å². The van der Waals surface area contributed by atoms with Crippen LogP contribution in [0.25, 0.3) is 10.8 Å². The minimum absolute atomic E-state index is 0.199.